The van der Waals surface area contributed by atoms with Crippen molar-refractivity contribution in [2.75, 3.05) is 33.5 Å². The van der Waals surface area contributed by atoms with Crippen molar-refractivity contribution < 1.29 is 29.5 Å². The molecule has 4 atom stereocenters. The van der Waals surface area contributed by atoms with Gasteiger partial charge in [-0.05, 0) is 27.7 Å². The Kier molecular flexibility index (Phi) is 15.7. The Morgan fingerprint density at radius 2 is 1.21 bits per heavy atom. The maximum atomic E-state index is 8.80. The first-order valence-electron chi connectivity index (χ1n) is 6.52. The molecule has 6 heteroatoms. The maximum absolute atomic E-state index is 8.80. The van der Waals surface area contributed by atoms with Crippen molar-refractivity contribution in [3.05, 3.63) is 0 Å². The highest BCUT2D eigenvalue weighted by molar-refractivity contribution is 4.49. The largest absolute Gasteiger partial charge is 0.394 e. The van der Waals surface area contributed by atoms with Gasteiger partial charge in [-0.1, -0.05) is 0 Å². The average Bonchev–Trinajstić information content (AvgIpc) is 2.34. The van der Waals surface area contributed by atoms with Gasteiger partial charge in [0.1, 0.15) is 0 Å². The van der Waals surface area contributed by atoms with E-state index in [2.05, 4.69) is 0 Å². The van der Waals surface area contributed by atoms with E-state index in [1.54, 1.807) is 27.9 Å². The number of ether oxygens (including phenoxy) is 3. The minimum Gasteiger partial charge on any atom is -0.394 e. The van der Waals surface area contributed by atoms with Crippen molar-refractivity contribution >= 4 is 0 Å². The highest BCUT2D eigenvalue weighted by Crippen LogP contribution is 1.92. The van der Waals surface area contributed by atoms with Crippen molar-refractivity contribution in [2.24, 2.45) is 0 Å². The fourth-order valence-corrected chi connectivity index (χ4v) is 0.943. The lowest BCUT2D eigenvalue weighted by atomic mass is 10.4. The van der Waals surface area contributed by atoms with E-state index in [0.717, 1.165) is 0 Å². The zero-order valence-electron chi connectivity index (χ0n) is 12.7. The first-order chi connectivity index (χ1) is 8.83. The summed E-state index contributed by atoms with van der Waals surface area (Å²) in [7, 11) is 1.63. The molecule has 0 aliphatic heterocycles. The monoisotopic (exact) mass is 282 g/mol. The van der Waals surface area contributed by atoms with Gasteiger partial charge in [-0.3, -0.25) is 0 Å². The standard InChI is InChI=1S/C7H16O3.C6H14O3/c1-6(8)4-10-7(2)5-9-3;1-5(8)4-9-6(2)3-7/h6-8H,4-5H2,1-3H3;5-8H,3-4H2,1-2H3. The topological polar surface area (TPSA) is 88.4 Å². The van der Waals surface area contributed by atoms with Crippen LogP contribution in [0.3, 0.4) is 0 Å². The van der Waals surface area contributed by atoms with Crippen molar-refractivity contribution in [3.63, 3.8) is 0 Å². The number of hydrogen-bond donors (Lipinski definition) is 3. The Hall–Kier alpha value is -0.240. The quantitative estimate of drug-likeness (QED) is 0.559. The summed E-state index contributed by atoms with van der Waals surface area (Å²) in [5.74, 6) is 0. The average molecular weight is 282 g/mol. The molecule has 0 fully saturated rings. The zero-order chi connectivity index (χ0) is 15.3. The van der Waals surface area contributed by atoms with Crippen LogP contribution in [0.15, 0.2) is 0 Å². The summed E-state index contributed by atoms with van der Waals surface area (Å²) in [6, 6.07) is 0. The first-order valence-corrected chi connectivity index (χ1v) is 6.52. The number of aliphatic hydroxyl groups is 3. The van der Waals surface area contributed by atoms with E-state index in [0.29, 0.717) is 19.8 Å². The Morgan fingerprint density at radius 1 is 0.789 bits per heavy atom. The van der Waals surface area contributed by atoms with Gasteiger partial charge in [0.2, 0.25) is 0 Å². The predicted octanol–water partition coefficient (Wildman–Crippen LogP) is 0.183. The predicted molar refractivity (Wildman–Crippen MR) is 73.2 cm³/mol. The van der Waals surface area contributed by atoms with Crippen LogP contribution in [0.1, 0.15) is 27.7 Å². The number of rotatable bonds is 9. The van der Waals surface area contributed by atoms with Crippen LogP contribution in [-0.4, -0.2) is 73.3 Å². The molecule has 3 N–H and O–H groups in total. The van der Waals surface area contributed by atoms with E-state index in [1.165, 1.54) is 0 Å². The van der Waals surface area contributed by atoms with Crippen molar-refractivity contribution in [2.45, 2.75) is 52.1 Å². The third-order valence-corrected chi connectivity index (χ3v) is 1.90. The molecule has 4 unspecified atom stereocenters. The van der Waals surface area contributed by atoms with Crippen LogP contribution in [0, 0.1) is 0 Å². The summed E-state index contributed by atoms with van der Waals surface area (Å²) in [6.07, 6.45) is -0.933. The summed E-state index contributed by atoms with van der Waals surface area (Å²) in [6.45, 7) is 8.25. The van der Waals surface area contributed by atoms with Gasteiger partial charge < -0.3 is 29.5 Å². The van der Waals surface area contributed by atoms with Crippen LogP contribution in [0.2, 0.25) is 0 Å². The minimum atomic E-state index is -0.445. The van der Waals surface area contributed by atoms with Crippen LogP contribution in [0.25, 0.3) is 0 Å². The zero-order valence-corrected chi connectivity index (χ0v) is 12.7. The van der Waals surface area contributed by atoms with Gasteiger partial charge in [0, 0.05) is 7.11 Å². The van der Waals surface area contributed by atoms with Crippen LogP contribution < -0.4 is 0 Å². The Morgan fingerprint density at radius 3 is 1.53 bits per heavy atom. The molecule has 0 radical (unpaired) electrons. The third kappa shape index (κ3) is 20.2. The van der Waals surface area contributed by atoms with Gasteiger partial charge in [0.25, 0.3) is 0 Å². The van der Waals surface area contributed by atoms with E-state index in [-0.39, 0.29) is 24.9 Å². The molecule has 0 amide bonds. The number of hydrogen-bond acceptors (Lipinski definition) is 6. The van der Waals surface area contributed by atoms with Gasteiger partial charge in [0.05, 0.1) is 50.8 Å². The molecule has 19 heavy (non-hydrogen) atoms. The van der Waals surface area contributed by atoms with Crippen LogP contribution in [0.4, 0.5) is 0 Å². The summed E-state index contributed by atoms with van der Waals surface area (Å²) in [5.41, 5.74) is 0. The maximum Gasteiger partial charge on any atom is 0.0781 e. The SMILES string of the molecule is CC(O)COC(C)CO.COCC(C)OCC(C)O. The molecule has 0 heterocycles. The van der Waals surface area contributed by atoms with Crippen LogP contribution in [-0.2, 0) is 14.2 Å². The number of methoxy groups -OCH3 is 1. The van der Waals surface area contributed by atoms with Gasteiger partial charge >= 0.3 is 0 Å². The normalized spacial score (nSPS) is 17.1. The molecule has 0 saturated heterocycles. The second-order valence-corrected chi connectivity index (χ2v) is 4.62. The molecule has 0 saturated carbocycles. The molecule has 6 nitrogen and oxygen atoms in total. The van der Waals surface area contributed by atoms with Crippen LogP contribution in [0.5, 0.6) is 0 Å². The molecular weight excluding hydrogens is 252 g/mol. The smallest absolute Gasteiger partial charge is 0.0781 e. The van der Waals surface area contributed by atoms with E-state index in [1.807, 2.05) is 6.92 Å². The molecule has 0 aliphatic rings. The minimum absolute atomic E-state index is 0.00667. The molecule has 0 aromatic heterocycles. The van der Waals surface area contributed by atoms with Crippen molar-refractivity contribution in [3.8, 4) is 0 Å². The summed E-state index contributed by atoms with van der Waals surface area (Å²) in [5, 5.41) is 25.9. The highest BCUT2D eigenvalue weighted by atomic mass is 16.5. The Bertz CT molecular complexity index is 175. The molecule has 0 aromatic carbocycles. The van der Waals surface area contributed by atoms with Gasteiger partial charge in [-0.2, -0.15) is 0 Å². The lowest BCUT2D eigenvalue weighted by Crippen LogP contribution is -2.20. The summed E-state index contributed by atoms with van der Waals surface area (Å²) in [4.78, 5) is 0. The molecule has 0 aliphatic carbocycles. The van der Waals surface area contributed by atoms with Gasteiger partial charge in [0.15, 0.2) is 0 Å². The van der Waals surface area contributed by atoms with E-state index in [9.17, 15) is 0 Å². The van der Waals surface area contributed by atoms with Gasteiger partial charge in [-0.15, -0.1) is 0 Å². The fourth-order valence-electron chi connectivity index (χ4n) is 0.943. The third-order valence-electron chi connectivity index (χ3n) is 1.90. The Labute approximate surface area is 116 Å². The number of aliphatic hydroxyl groups excluding tert-OH is 3. The van der Waals surface area contributed by atoms with E-state index in [4.69, 9.17) is 29.5 Å². The highest BCUT2D eigenvalue weighted by Gasteiger charge is 2.02. The van der Waals surface area contributed by atoms with Gasteiger partial charge in [-0.25, -0.2) is 0 Å². The molecule has 0 aromatic rings. The lowest BCUT2D eigenvalue weighted by molar-refractivity contribution is -0.0268. The van der Waals surface area contributed by atoms with Crippen molar-refractivity contribution in [1.82, 2.24) is 0 Å². The van der Waals surface area contributed by atoms with Crippen molar-refractivity contribution in [1.29, 1.82) is 0 Å². The fraction of sp³-hybridized carbons (Fsp3) is 1.00. The molecule has 0 spiro atoms. The second kappa shape index (κ2) is 14.2. The molecule has 0 bridgehead atoms. The lowest BCUT2D eigenvalue weighted by Gasteiger charge is -2.12. The van der Waals surface area contributed by atoms with Crippen LogP contribution >= 0.6 is 0 Å². The molecule has 118 valence electrons. The van der Waals surface area contributed by atoms with E-state index < -0.39 is 6.10 Å². The summed E-state index contributed by atoms with van der Waals surface area (Å²) < 4.78 is 15.0. The second-order valence-electron chi connectivity index (χ2n) is 4.62. The first kappa shape index (κ1) is 21.1. The molecular formula is C13H30O6. The van der Waals surface area contributed by atoms with E-state index >= 15 is 0 Å². The summed E-state index contributed by atoms with van der Waals surface area (Å²) >= 11 is 0. The Balaban J connectivity index is 0. The molecule has 0 rings (SSSR count).